The predicted octanol–water partition coefficient (Wildman–Crippen LogP) is 3.31. The average molecular weight is 345 g/mol. The largest absolute Gasteiger partial charge is 0.378 e. The molecule has 0 radical (unpaired) electrons. The number of halogens is 1. The van der Waals surface area contributed by atoms with Gasteiger partial charge in [-0.1, -0.05) is 41.9 Å². The van der Waals surface area contributed by atoms with Crippen molar-refractivity contribution in [3.63, 3.8) is 0 Å². The highest BCUT2D eigenvalue weighted by Crippen LogP contribution is 2.15. The van der Waals surface area contributed by atoms with Crippen LogP contribution in [-0.4, -0.2) is 33.6 Å². The molecule has 0 saturated heterocycles. The molecule has 0 bridgehead atoms. The fraction of sp³-hybridized carbons (Fsp3) is 0.316. The number of rotatable bonds is 6. The van der Waals surface area contributed by atoms with Gasteiger partial charge in [0.2, 0.25) is 0 Å². The molecule has 0 aliphatic rings. The van der Waals surface area contributed by atoms with Crippen molar-refractivity contribution in [3.05, 3.63) is 64.7 Å². The molecule has 0 fully saturated rings. The topological polar surface area (TPSA) is 39.7 Å². The van der Waals surface area contributed by atoms with Gasteiger partial charge in [0.1, 0.15) is 0 Å². The lowest BCUT2D eigenvalue weighted by molar-refractivity contribution is 0.794. The highest BCUT2D eigenvalue weighted by molar-refractivity contribution is 6.31. The fourth-order valence-corrected chi connectivity index (χ4v) is 2.57. The smallest absolute Gasteiger partial charge is 0.191 e. The van der Waals surface area contributed by atoms with Crippen molar-refractivity contribution in [1.29, 1.82) is 0 Å². The number of nitrogens with zero attached hydrogens (tertiary/aromatic N) is 2. The van der Waals surface area contributed by atoms with Crippen LogP contribution in [0.3, 0.4) is 0 Å². The number of anilines is 1. The first-order valence-electron chi connectivity index (χ1n) is 8.04. The molecule has 0 aliphatic carbocycles. The molecule has 0 heterocycles. The van der Waals surface area contributed by atoms with Gasteiger partial charge in [-0.3, -0.25) is 4.99 Å². The molecule has 0 aromatic heterocycles. The second kappa shape index (κ2) is 9.18. The van der Waals surface area contributed by atoms with Gasteiger partial charge in [0, 0.05) is 44.9 Å². The number of nitrogens with one attached hydrogen (secondary N) is 2. The van der Waals surface area contributed by atoms with E-state index in [1.54, 1.807) is 7.05 Å². The molecule has 0 aliphatic heterocycles. The molecule has 128 valence electrons. The molecule has 24 heavy (non-hydrogen) atoms. The molecular weight excluding hydrogens is 320 g/mol. The molecule has 0 saturated carbocycles. The van der Waals surface area contributed by atoms with Crippen LogP contribution in [0.4, 0.5) is 5.69 Å². The highest BCUT2D eigenvalue weighted by atomic mass is 35.5. The zero-order valence-corrected chi connectivity index (χ0v) is 15.3. The van der Waals surface area contributed by atoms with Gasteiger partial charge in [0.15, 0.2) is 5.96 Å². The Hall–Kier alpha value is -2.20. The molecule has 2 aromatic carbocycles. The van der Waals surface area contributed by atoms with Crippen LogP contribution in [0.1, 0.15) is 11.1 Å². The summed E-state index contributed by atoms with van der Waals surface area (Å²) in [6.07, 6.45) is 0.859. The molecule has 0 amide bonds. The van der Waals surface area contributed by atoms with E-state index in [0.29, 0.717) is 0 Å². The average Bonchev–Trinajstić information content (AvgIpc) is 2.59. The van der Waals surface area contributed by atoms with E-state index in [9.17, 15) is 0 Å². The second-order valence-electron chi connectivity index (χ2n) is 5.75. The van der Waals surface area contributed by atoms with E-state index >= 15 is 0 Å². The fourth-order valence-electron chi connectivity index (χ4n) is 2.34. The van der Waals surface area contributed by atoms with Crippen molar-refractivity contribution in [1.82, 2.24) is 10.6 Å². The lowest BCUT2D eigenvalue weighted by atomic mass is 10.1. The Bertz CT molecular complexity index is 665. The molecule has 2 aromatic rings. The van der Waals surface area contributed by atoms with Crippen molar-refractivity contribution in [2.45, 2.75) is 13.0 Å². The van der Waals surface area contributed by atoms with Crippen LogP contribution in [0.2, 0.25) is 5.02 Å². The number of guanidine groups is 1. The van der Waals surface area contributed by atoms with E-state index in [1.165, 1.54) is 11.3 Å². The summed E-state index contributed by atoms with van der Waals surface area (Å²) in [6, 6.07) is 16.4. The van der Waals surface area contributed by atoms with Gasteiger partial charge >= 0.3 is 0 Å². The van der Waals surface area contributed by atoms with Gasteiger partial charge in [-0.2, -0.15) is 0 Å². The molecule has 4 nitrogen and oxygen atoms in total. The monoisotopic (exact) mass is 344 g/mol. The second-order valence-corrected chi connectivity index (χ2v) is 6.16. The van der Waals surface area contributed by atoms with E-state index in [1.807, 2.05) is 38.4 Å². The van der Waals surface area contributed by atoms with E-state index in [0.717, 1.165) is 36.1 Å². The summed E-state index contributed by atoms with van der Waals surface area (Å²) in [5, 5.41) is 7.45. The Morgan fingerprint density at radius 3 is 2.38 bits per heavy atom. The number of hydrogen-bond acceptors (Lipinski definition) is 2. The van der Waals surface area contributed by atoms with Gasteiger partial charge in [0.25, 0.3) is 0 Å². The summed E-state index contributed by atoms with van der Waals surface area (Å²) >= 11 is 6.17. The Kier molecular flexibility index (Phi) is 6.94. The molecule has 0 unspecified atom stereocenters. The Labute approximate surface area is 149 Å². The molecule has 5 heteroatoms. The minimum Gasteiger partial charge on any atom is -0.378 e. The van der Waals surface area contributed by atoms with Gasteiger partial charge in [-0.05, 0) is 35.7 Å². The van der Waals surface area contributed by atoms with Crippen molar-refractivity contribution in [2.75, 3.05) is 32.6 Å². The van der Waals surface area contributed by atoms with Gasteiger partial charge < -0.3 is 15.5 Å². The number of hydrogen-bond donors (Lipinski definition) is 2. The van der Waals surface area contributed by atoms with Crippen LogP contribution in [0.15, 0.2) is 53.5 Å². The van der Waals surface area contributed by atoms with Crippen LogP contribution in [0.5, 0.6) is 0 Å². The first kappa shape index (κ1) is 18.1. The summed E-state index contributed by atoms with van der Waals surface area (Å²) in [6.45, 7) is 1.52. The zero-order chi connectivity index (χ0) is 17.4. The van der Waals surface area contributed by atoms with Gasteiger partial charge in [0.05, 0.1) is 0 Å². The van der Waals surface area contributed by atoms with E-state index < -0.39 is 0 Å². The summed E-state index contributed by atoms with van der Waals surface area (Å²) in [7, 11) is 5.86. The maximum absolute atomic E-state index is 6.17. The van der Waals surface area contributed by atoms with Crippen LogP contribution in [0, 0.1) is 0 Å². The normalized spacial score (nSPS) is 11.2. The molecular formula is C19H25ClN4. The maximum atomic E-state index is 6.17. The third-order valence-corrected chi connectivity index (χ3v) is 4.15. The molecule has 0 atom stereocenters. The molecule has 2 N–H and O–H groups in total. The first-order chi connectivity index (χ1) is 11.6. The van der Waals surface area contributed by atoms with Crippen LogP contribution < -0.4 is 15.5 Å². The van der Waals surface area contributed by atoms with Crippen LogP contribution in [0.25, 0.3) is 0 Å². The first-order valence-corrected chi connectivity index (χ1v) is 8.42. The Balaban J connectivity index is 1.79. The summed E-state index contributed by atoms with van der Waals surface area (Å²) < 4.78 is 0. The quantitative estimate of drug-likeness (QED) is 0.624. The SMILES string of the molecule is CN=C(NCCc1ccccc1Cl)NCc1ccc(N(C)C)cc1. The minimum absolute atomic E-state index is 0.736. The van der Waals surface area contributed by atoms with Crippen molar-refractivity contribution < 1.29 is 0 Å². The standard InChI is InChI=1S/C19H25ClN4/c1-21-19(22-13-12-16-6-4-5-7-18(16)20)23-14-15-8-10-17(11-9-15)24(2)3/h4-11H,12-14H2,1-3H3,(H2,21,22,23). The molecule has 0 spiro atoms. The van der Waals surface area contributed by atoms with Crippen molar-refractivity contribution in [2.24, 2.45) is 4.99 Å². The van der Waals surface area contributed by atoms with Crippen LogP contribution in [-0.2, 0) is 13.0 Å². The summed E-state index contributed by atoms with van der Waals surface area (Å²) in [5.41, 5.74) is 3.55. The third-order valence-electron chi connectivity index (χ3n) is 3.78. The Morgan fingerprint density at radius 2 is 1.75 bits per heavy atom. The number of aliphatic imine (C=N–C) groups is 1. The zero-order valence-electron chi connectivity index (χ0n) is 14.5. The van der Waals surface area contributed by atoms with E-state index in [-0.39, 0.29) is 0 Å². The summed E-state index contributed by atoms with van der Waals surface area (Å²) in [4.78, 5) is 6.35. The maximum Gasteiger partial charge on any atom is 0.191 e. The minimum atomic E-state index is 0.736. The van der Waals surface area contributed by atoms with Crippen molar-refractivity contribution in [3.8, 4) is 0 Å². The number of benzene rings is 2. The lowest BCUT2D eigenvalue weighted by Gasteiger charge is -2.14. The van der Waals surface area contributed by atoms with Gasteiger partial charge in [-0.25, -0.2) is 0 Å². The summed E-state index contributed by atoms with van der Waals surface area (Å²) in [5.74, 6) is 0.790. The highest BCUT2D eigenvalue weighted by Gasteiger charge is 2.02. The van der Waals surface area contributed by atoms with Crippen molar-refractivity contribution >= 4 is 23.2 Å². The Morgan fingerprint density at radius 1 is 1.04 bits per heavy atom. The lowest BCUT2D eigenvalue weighted by Crippen LogP contribution is -2.37. The molecule has 2 rings (SSSR count). The van der Waals surface area contributed by atoms with E-state index in [2.05, 4.69) is 44.8 Å². The third kappa shape index (κ3) is 5.46. The predicted molar refractivity (Wildman–Crippen MR) is 104 cm³/mol. The van der Waals surface area contributed by atoms with E-state index in [4.69, 9.17) is 11.6 Å². The van der Waals surface area contributed by atoms with Gasteiger partial charge in [-0.15, -0.1) is 0 Å². The van der Waals surface area contributed by atoms with Crippen LogP contribution >= 0.6 is 11.6 Å².